The lowest BCUT2D eigenvalue weighted by molar-refractivity contribution is -0.137. The summed E-state index contributed by atoms with van der Waals surface area (Å²) in [5.74, 6) is 1.37. The third-order valence-electron chi connectivity index (χ3n) is 6.25. The van der Waals surface area contributed by atoms with Gasteiger partial charge in [0.1, 0.15) is 5.75 Å². The molecule has 0 radical (unpaired) electrons. The molecule has 2 aromatic rings. The Morgan fingerprint density at radius 3 is 2.43 bits per heavy atom. The maximum Gasteiger partial charge on any atom is 0.225 e. The second kappa shape index (κ2) is 9.71. The largest absolute Gasteiger partial charge is 0.495 e. The third kappa shape index (κ3) is 4.90. The van der Waals surface area contributed by atoms with Crippen molar-refractivity contribution in [1.82, 2.24) is 9.80 Å². The molecule has 0 saturated carbocycles. The highest BCUT2D eigenvalue weighted by atomic mass is 35.5. The van der Waals surface area contributed by atoms with E-state index in [1.54, 1.807) is 7.11 Å². The quantitative estimate of drug-likeness (QED) is 0.724. The molecule has 0 N–H and O–H groups in total. The van der Waals surface area contributed by atoms with Gasteiger partial charge < -0.3 is 14.5 Å². The molecule has 0 unspecified atom stereocenters. The Morgan fingerprint density at radius 2 is 1.73 bits per heavy atom. The number of ether oxygens (including phenoxy) is 1. The van der Waals surface area contributed by atoms with E-state index >= 15 is 0 Å². The van der Waals surface area contributed by atoms with E-state index in [2.05, 4.69) is 26.8 Å². The molecule has 2 aliphatic rings. The zero-order chi connectivity index (χ0) is 20.9. The van der Waals surface area contributed by atoms with E-state index in [9.17, 15) is 4.79 Å². The molecule has 2 aliphatic heterocycles. The van der Waals surface area contributed by atoms with Crippen LogP contribution in [0.2, 0.25) is 5.02 Å². The van der Waals surface area contributed by atoms with Crippen LogP contribution in [-0.4, -0.2) is 62.1 Å². The molecule has 1 amide bonds. The maximum atomic E-state index is 13.1. The summed E-state index contributed by atoms with van der Waals surface area (Å²) in [6.45, 7) is 6.08. The molecule has 2 aromatic carbocycles. The number of hydrogen-bond acceptors (Lipinski definition) is 4. The summed E-state index contributed by atoms with van der Waals surface area (Å²) in [5, 5.41) is 0.782. The van der Waals surface area contributed by atoms with Crippen molar-refractivity contribution in [2.45, 2.75) is 19.4 Å². The molecule has 0 bridgehead atoms. The van der Waals surface area contributed by atoms with Crippen LogP contribution in [0.15, 0.2) is 48.5 Å². The van der Waals surface area contributed by atoms with Crippen LogP contribution in [0.4, 0.5) is 5.69 Å². The molecule has 2 saturated heterocycles. The Balaban J connectivity index is 1.26. The van der Waals surface area contributed by atoms with Gasteiger partial charge in [-0.15, -0.1) is 0 Å². The van der Waals surface area contributed by atoms with Crippen molar-refractivity contribution in [3.05, 3.63) is 59.1 Å². The van der Waals surface area contributed by atoms with Crippen LogP contribution in [0, 0.1) is 5.92 Å². The van der Waals surface area contributed by atoms with Gasteiger partial charge in [0.25, 0.3) is 0 Å². The number of rotatable bonds is 5. The molecule has 2 fully saturated rings. The number of carbonyl (C=O) groups excluding carboxylic acids is 1. The minimum absolute atomic E-state index is 0.151. The Labute approximate surface area is 184 Å². The smallest absolute Gasteiger partial charge is 0.225 e. The van der Waals surface area contributed by atoms with Gasteiger partial charge in [0.15, 0.2) is 0 Å². The van der Waals surface area contributed by atoms with Crippen molar-refractivity contribution < 1.29 is 9.53 Å². The zero-order valence-corrected chi connectivity index (χ0v) is 18.4. The molecule has 0 spiro atoms. The van der Waals surface area contributed by atoms with Gasteiger partial charge in [0, 0.05) is 43.7 Å². The van der Waals surface area contributed by atoms with Crippen molar-refractivity contribution in [2.24, 2.45) is 5.92 Å². The summed E-state index contributed by atoms with van der Waals surface area (Å²) in [4.78, 5) is 19.9. The first-order valence-electron chi connectivity index (χ1n) is 10.8. The first-order chi connectivity index (χ1) is 14.6. The lowest BCUT2D eigenvalue weighted by Gasteiger charge is -2.39. The molecule has 4 rings (SSSR count). The van der Waals surface area contributed by atoms with Crippen LogP contribution in [0.25, 0.3) is 0 Å². The number of anilines is 1. The molecule has 5 nitrogen and oxygen atoms in total. The topological polar surface area (TPSA) is 36.0 Å². The van der Waals surface area contributed by atoms with Gasteiger partial charge in [-0.3, -0.25) is 9.69 Å². The van der Waals surface area contributed by atoms with Gasteiger partial charge in [-0.25, -0.2) is 0 Å². The lowest BCUT2D eigenvalue weighted by atomic mass is 9.94. The summed E-state index contributed by atoms with van der Waals surface area (Å²) >= 11 is 6.10. The lowest BCUT2D eigenvalue weighted by Crippen LogP contribution is -2.51. The van der Waals surface area contributed by atoms with E-state index in [1.165, 1.54) is 5.56 Å². The van der Waals surface area contributed by atoms with E-state index in [4.69, 9.17) is 16.3 Å². The first-order valence-corrected chi connectivity index (χ1v) is 11.2. The number of piperidine rings is 1. The second-order valence-corrected chi connectivity index (χ2v) is 8.60. The van der Waals surface area contributed by atoms with Gasteiger partial charge in [-0.05, 0) is 55.8 Å². The number of carbonyl (C=O) groups is 1. The van der Waals surface area contributed by atoms with Crippen molar-refractivity contribution in [1.29, 1.82) is 0 Å². The normalized spacial score (nSPS) is 18.5. The van der Waals surface area contributed by atoms with Gasteiger partial charge in [0.05, 0.1) is 12.8 Å². The monoisotopic (exact) mass is 427 g/mol. The second-order valence-electron chi connectivity index (χ2n) is 8.16. The number of para-hydroxylation sites is 2. The zero-order valence-electron chi connectivity index (χ0n) is 17.6. The highest BCUT2D eigenvalue weighted by Gasteiger charge is 2.30. The summed E-state index contributed by atoms with van der Waals surface area (Å²) in [7, 11) is 1.71. The van der Waals surface area contributed by atoms with E-state index in [0.717, 1.165) is 75.1 Å². The molecule has 160 valence electrons. The van der Waals surface area contributed by atoms with Crippen molar-refractivity contribution >= 4 is 23.2 Å². The maximum absolute atomic E-state index is 13.1. The number of methoxy groups -OCH3 is 1. The Bertz CT molecular complexity index is 859. The number of benzene rings is 2. The van der Waals surface area contributed by atoms with Gasteiger partial charge >= 0.3 is 0 Å². The number of amides is 1. The van der Waals surface area contributed by atoms with Crippen LogP contribution in [0.3, 0.4) is 0 Å². The standard InChI is InChI=1S/C24H30ClN3O2/c1-30-23-8-3-2-7-22(23)27-13-15-28(16-14-27)24(29)20-9-11-26(12-10-20)18-19-5-4-6-21(25)17-19/h2-8,17,20H,9-16,18H2,1H3. The Kier molecular flexibility index (Phi) is 6.80. The fourth-order valence-corrected chi connectivity index (χ4v) is 4.76. The van der Waals surface area contributed by atoms with Gasteiger partial charge in [-0.1, -0.05) is 35.9 Å². The number of likely N-dealkylation sites (tertiary alicyclic amines) is 1. The molecular weight excluding hydrogens is 398 g/mol. The molecule has 0 atom stereocenters. The fraction of sp³-hybridized carbons (Fsp3) is 0.458. The van der Waals surface area contributed by atoms with Gasteiger partial charge in [-0.2, -0.15) is 0 Å². The highest BCUT2D eigenvalue weighted by molar-refractivity contribution is 6.30. The summed E-state index contributed by atoms with van der Waals surface area (Å²) in [6.07, 6.45) is 1.87. The van der Waals surface area contributed by atoms with E-state index in [1.807, 2.05) is 36.4 Å². The summed E-state index contributed by atoms with van der Waals surface area (Å²) in [6, 6.07) is 16.1. The van der Waals surface area contributed by atoms with E-state index in [0.29, 0.717) is 5.91 Å². The fourth-order valence-electron chi connectivity index (χ4n) is 4.55. The molecule has 2 heterocycles. The Morgan fingerprint density at radius 1 is 1.00 bits per heavy atom. The number of hydrogen-bond donors (Lipinski definition) is 0. The molecule has 30 heavy (non-hydrogen) atoms. The minimum atomic E-state index is 0.151. The number of halogens is 1. The van der Waals surface area contributed by atoms with E-state index in [-0.39, 0.29) is 5.92 Å². The van der Waals surface area contributed by atoms with Crippen LogP contribution in [0.1, 0.15) is 18.4 Å². The molecular formula is C24H30ClN3O2. The SMILES string of the molecule is COc1ccccc1N1CCN(C(=O)C2CCN(Cc3cccc(Cl)c3)CC2)CC1. The predicted molar refractivity (Wildman–Crippen MR) is 121 cm³/mol. The summed E-state index contributed by atoms with van der Waals surface area (Å²) < 4.78 is 5.49. The van der Waals surface area contributed by atoms with E-state index < -0.39 is 0 Å². The van der Waals surface area contributed by atoms with Crippen molar-refractivity contribution in [3.8, 4) is 5.75 Å². The predicted octanol–water partition coefficient (Wildman–Crippen LogP) is 3.91. The number of nitrogens with zero attached hydrogens (tertiary/aromatic N) is 3. The molecule has 0 aliphatic carbocycles. The number of piperazine rings is 1. The minimum Gasteiger partial charge on any atom is -0.495 e. The van der Waals surface area contributed by atoms with Crippen LogP contribution < -0.4 is 9.64 Å². The van der Waals surface area contributed by atoms with Crippen molar-refractivity contribution in [2.75, 3.05) is 51.3 Å². The summed E-state index contributed by atoms with van der Waals surface area (Å²) in [5.41, 5.74) is 2.35. The third-order valence-corrected chi connectivity index (χ3v) is 6.48. The highest BCUT2D eigenvalue weighted by Crippen LogP contribution is 2.29. The van der Waals surface area contributed by atoms with Crippen LogP contribution in [0.5, 0.6) is 5.75 Å². The molecule has 6 heteroatoms. The van der Waals surface area contributed by atoms with Crippen LogP contribution in [-0.2, 0) is 11.3 Å². The van der Waals surface area contributed by atoms with Gasteiger partial charge in [0.2, 0.25) is 5.91 Å². The van der Waals surface area contributed by atoms with Crippen LogP contribution >= 0.6 is 11.6 Å². The average molecular weight is 428 g/mol. The first kappa shape index (κ1) is 21.0. The van der Waals surface area contributed by atoms with Crippen molar-refractivity contribution in [3.63, 3.8) is 0 Å². The molecule has 0 aromatic heterocycles. The average Bonchev–Trinajstić information content (AvgIpc) is 2.79. The Hall–Kier alpha value is -2.24.